The van der Waals surface area contributed by atoms with Gasteiger partial charge in [-0.3, -0.25) is 4.79 Å². The molecular weight excluding hydrogens is 210 g/mol. The fourth-order valence-electron chi connectivity index (χ4n) is 1.68. The maximum Gasteiger partial charge on any atom is 0.232 e. The van der Waals surface area contributed by atoms with Crippen LogP contribution in [0.5, 0.6) is 0 Å². The molecule has 0 spiro atoms. The Morgan fingerprint density at radius 2 is 2.40 bits per heavy atom. The first-order chi connectivity index (χ1) is 7.24. The van der Waals surface area contributed by atoms with Crippen LogP contribution in [0.2, 0.25) is 0 Å². The highest BCUT2D eigenvalue weighted by molar-refractivity contribution is 7.99. The van der Waals surface area contributed by atoms with Gasteiger partial charge in [-0.05, 0) is 25.0 Å². The van der Waals surface area contributed by atoms with E-state index in [9.17, 15) is 9.90 Å². The Balaban J connectivity index is 2.15. The van der Waals surface area contributed by atoms with E-state index in [2.05, 4.69) is 6.92 Å². The highest BCUT2D eigenvalue weighted by Crippen LogP contribution is 2.12. The molecule has 88 valence electrons. The highest BCUT2D eigenvalue weighted by Gasteiger charge is 2.21. The van der Waals surface area contributed by atoms with Gasteiger partial charge in [0.25, 0.3) is 0 Å². The van der Waals surface area contributed by atoms with Crippen LogP contribution in [0.1, 0.15) is 32.6 Å². The number of rotatable bonds is 5. The van der Waals surface area contributed by atoms with Gasteiger partial charge in [-0.2, -0.15) is 11.8 Å². The van der Waals surface area contributed by atoms with E-state index >= 15 is 0 Å². The Kier molecular flexibility index (Phi) is 6.10. The van der Waals surface area contributed by atoms with Crippen molar-refractivity contribution in [1.82, 2.24) is 4.90 Å². The second kappa shape index (κ2) is 7.12. The summed E-state index contributed by atoms with van der Waals surface area (Å²) in [5.74, 6) is 1.83. The standard InChI is InChI=1S/C11H21NO2S/c1-2-3-7-15-9-11(14)12-6-4-5-10(13)8-12/h10,13H,2-9H2,1H3. The van der Waals surface area contributed by atoms with E-state index in [1.54, 1.807) is 16.7 Å². The summed E-state index contributed by atoms with van der Waals surface area (Å²) in [6.07, 6.45) is 3.84. The highest BCUT2D eigenvalue weighted by atomic mass is 32.2. The number of carbonyl (C=O) groups is 1. The molecule has 1 amide bonds. The third-order valence-electron chi connectivity index (χ3n) is 2.62. The number of aliphatic hydroxyl groups excluding tert-OH is 1. The smallest absolute Gasteiger partial charge is 0.232 e. The molecule has 4 heteroatoms. The number of carbonyl (C=O) groups excluding carboxylic acids is 1. The Bertz CT molecular complexity index is 199. The number of hydrogen-bond acceptors (Lipinski definition) is 3. The molecule has 0 aromatic carbocycles. The molecule has 0 radical (unpaired) electrons. The lowest BCUT2D eigenvalue weighted by molar-refractivity contribution is -0.131. The minimum Gasteiger partial charge on any atom is -0.391 e. The molecule has 0 aliphatic carbocycles. The maximum absolute atomic E-state index is 11.7. The van der Waals surface area contributed by atoms with E-state index in [0.29, 0.717) is 12.3 Å². The van der Waals surface area contributed by atoms with Crippen molar-refractivity contribution in [3.05, 3.63) is 0 Å². The molecule has 3 nitrogen and oxygen atoms in total. The van der Waals surface area contributed by atoms with Gasteiger partial charge in [-0.15, -0.1) is 0 Å². The van der Waals surface area contributed by atoms with Gasteiger partial charge in [0.2, 0.25) is 5.91 Å². The quantitative estimate of drug-likeness (QED) is 0.729. The van der Waals surface area contributed by atoms with Crippen LogP contribution >= 0.6 is 11.8 Å². The van der Waals surface area contributed by atoms with E-state index in [1.165, 1.54) is 12.8 Å². The van der Waals surface area contributed by atoms with E-state index < -0.39 is 0 Å². The van der Waals surface area contributed by atoms with Crippen LogP contribution in [0.4, 0.5) is 0 Å². The lowest BCUT2D eigenvalue weighted by atomic mass is 10.1. The van der Waals surface area contributed by atoms with Crippen LogP contribution in [0.3, 0.4) is 0 Å². The monoisotopic (exact) mass is 231 g/mol. The molecule has 1 N–H and O–H groups in total. The molecular formula is C11H21NO2S. The number of amides is 1. The van der Waals surface area contributed by atoms with Crippen LogP contribution in [0.15, 0.2) is 0 Å². The lowest BCUT2D eigenvalue weighted by Gasteiger charge is -2.30. The predicted octanol–water partition coefficient (Wildman–Crippen LogP) is 1.50. The van der Waals surface area contributed by atoms with E-state index in [1.807, 2.05) is 0 Å². The minimum absolute atomic E-state index is 0.190. The summed E-state index contributed by atoms with van der Waals surface area (Å²) in [5, 5.41) is 9.44. The molecule has 1 unspecified atom stereocenters. The van der Waals surface area contributed by atoms with Crippen molar-refractivity contribution in [2.24, 2.45) is 0 Å². The Morgan fingerprint density at radius 1 is 1.60 bits per heavy atom. The fourth-order valence-corrected chi connectivity index (χ4v) is 2.67. The van der Waals surface area contributed by atoms with Crippen LogP contribution in [0.25, 0.3) is 0 Å². The van der Waals surface area contributed by atoms with Crippen LogP contribution in [-0.2, 0) is 4.79 Å². The van der Waals surface area contributed by atoms with Gasteiger partial charge in [0.05, 0.1) is 11.9 Å². The van der Waals surface area contributed by atoms with Gasteiger partial charge in [0.1, 0.15) is 0 Å². The first-order valence-corrected chi connectivity index (χ1v) is 6.93. The molecule has 0 aromatic rings. The number of thioether (sulfide) groups is 1. The molecule has 1 aliphatic heterocycles. The number of hydrogen-bond donors (Lipinski definition) is 1. The maximum atomic E-state index is 11.7. The number of β-amino-alcohol motifs (C(OH)–C–C–N with tert-alkyl or cyclic N) is 1. The number of aliphatic hydroxyl groups is 1. The topological polar surface area (TPSA) is 40.5 Å². The first-order valence-electron chi connectivity index (χ1n) is 5.77. The largest absolute Gasteiger partial charge is 0.391 e. The molecule has 15 heavy (non-hydrogen) atoms. The number of nitrogens with zero attached hydrogens (tertiary/aromatic N) is 1. The Labute approximate surface area is 96.2 Å². The summed E-state index contributed by atoms with van der Waals surface area (Å²) in [6, 6.07) is 0. The summed E-state index contributed by atoms with van der Waals surface area (Å²) in [4.78, 5) is 13.5. The van der Waals surface area contributed by atoms with Gasteiger partial charge in [0, 0.05) is 13.1 Å². The second-order valence-electron chi connectivity index (χ2n) is 4.04. The van der Waals surface area contributed by atoms with Gasteiger partial charge in [0.15, 0.2) is 0 Å². The van der Waals surface area contributed by atoms with Crippen molar-refractivity contribution in [3.63, 3.8) is 0 Å². The average Bonchev–Trinajstić information content (AvgIpc) is 2.24. The summed E-state index contributed by atoms with van der Waals surface area (Å²) < 4.78 is 0. The third kappa shape index (κ3) is 4.89. The number of likely N-dealkylation sites (tertiary alicyclic amines) is 1. The normalized spacial score (nSPS) is 21.7. The lowest BCUT2D eigenvalue weighted by Crippen LogP contribution is -2.43. The zero-order chi connectivity index (χ0) is 11.1. The van der Waals surface area contributed by atoms with Crippen molar-refractivity contribution in [2.75, 3.05) is 24.6 Å². The summed E-state index contributed by atoms with van der Waals surface area (Å²) in [5.41, 5.74) is 0. The molecule has 1 saturated heterocycles. The molecule has 1 fully saturated rings. The first kappa shape index (κ1) is 12.8. The Morgan fingerprint density at radius 3 is 3.07 bits per heavy atom. The zero-order valence-corrected chi connectivity index (χ0v) is 10.3. The van der Waals surface area contributed by atoms with Crippen LogP contribution in [0, 0.1) is 0 Å². The van der Waals surface area contributed by atoms with Crippen LogP contribution in [-0.4, -0.2) is 46.6 Å². The molecule has 0 saturated carbocycles. The van der Waals surface area contributed by atoms with Crippen molar-refractivity contribution in [2.45, 2.75) is 38.7 Å². The Hall–Kier alpha value is -0.220. The molecule has 1 aliphatic rings. The minimum atomic E-state index is -0.302. The van der Waals surface area contributed by atoms with E-state index in [4.69, 9.17) is 0 Å². The summed E-state index contributed by atoms with van der Waals surface area (Å²) in [7, 11) is 0. The van der Waals surface area contributed by atoms with Gasteiger partial charge in [-0.25, -0.2) is 0 Å². The van der Waals surface area contributed by atoms with Crippen molar-refractivity contribution in [3.8, 4) is 0 Å². The van der Waals surface area contributed by atoms with E-state index in [0.717, 1.165) is 25.1 Å². The molecule has 0 bridgehead atoms. The SMILES string of the molecule is CCCCSCC(=O)N1CCCC(O)C1. The third-order valence-corrected chi connectivity index (χ3v) is 3.65. The van der Waals surface area contributed by atoms with E-state index in [-0.39, 0.29) is 12.0 Å². The molecule has 1 atom stereocenters. The number of piperidine rings is 1. The number of unbranched alkanes of at least 4 members (excludes halogenated alkanes) is 1. The summed E-state index contributed by atoms with van der Waals surface area (Å²) in [6.45, 7) is 3.51. The molecule has 1 rings (SSSR count). The molecule has 1 heterocycles. The van der Waals surface area contributed by atoms with Crippen molar-refractivity contribution in [1.29, 1.82) is 0 Å². The van der Waals surface area contributed by atoms with Crippen molar-refractivity contribution < 1.29 is 9.90 Å². The van der Waals surface area contributed by atoms with Crippen LogP contribution < -0.4 is 0 Å². The fraction of sp³-hybridized carbons (Fsp3) is 0.909. The van der Waals surface area contributed by atoms with Crippen molar-refractivity contribution >= 4 is 17.7 Å². The van der Waals surface area contributed by atoms with Gasteiger partial charge in [-0.1, -0.05) is 13.3 Å². The predicted molar refractivity (Wildman–Crippen MR) is 64.1 cm³/mol. The summed E-state index contributed by atoms with van der Waals surface area (Å²) >= 11 is 1.71. The second-order valence-corrected chi connectivity index (χ2v) is 5.15. The zero-order valence-electron chi connectivity index (χ0n) is 9.45. The van der Waals surface area contributed by atoms with Gasteiger partial charge < -0.3 is 10.0 Å². The molecule has 0 aromatic heterocycles. The average molecular weight is 231 g/mol. The van der Waals surface area contributed by atoms with Gasteiger partial charge >= 0.3 is 0 Å².